The molecule has 0 fully saturated rings. The maximum atomic E-state index is 11.0. The Bertz CT molecular complexity index is 549. The zero-order chi connectivity index (χ0) is 14.4. The predicted molar refractivity (Wildman–Crippen MR) is 78.6 cm³/mol. The lowest BCUT2D eigenvalue weighted by atomic mass is 9.95. The topological polar surface area (TPSA) is 50.2 Å². The van der Waals surface area contributed by atoms with E-state index in [9.17, 15) is 4.79 Å². The van der Waals surface area contributed by atoms with E-state index in [0.717, 1.165) is 12.0 Å². The molecule has 0 saturated heterocycles. The molecule has 1 N–H and O–H groups in total. The quantitative estimate of drug-likeness (QED) is 0.875. The van der Waals surface area contributed by atoms with Crippen molar-refractivity contribution < 1.29 is 9.90 Å². The third kappa shape index (κ3) is 3.92. The highest BCUT2D eigenvalue weighted by Crippen LogP contribution is 2.15. The van der Waals surface area contributed by atoms with Crippen molar-refractivity contribution >= 4 is 5.97 Å². The van der Waals surface area contributed by atoms with Crippen molar-refractivity contribution in [1.29, 1.82) is 0 Å². The molecule has 1 heterocycles. The number of nitrogens with zero attached hydrogens (tertiary/aromatic N) is 1. The minimum absolute atomic E-state index is 0.292. The van der Waals surface area contributed by atoms with Crippen molar-refractivity contribution in [3.63, 3.8) is 0 Å². The Morgan fingerprint density at radius 3 is 2.40 bits per heavy atom. The molecule has 1 aromatic carbocycles. The van der Waals surface area contributed by atoms with Crippen LogP contribution in [0.2, 0.25) is 0 Å². The maximum absolute atomic E-state index is 11.0. The van der Waals surface area contributed by atoms with Gasteiger partial charge in [0.2, 0.25) is 0 Å². The van der Waals surface area contributed by atoms with Crippen molar-refractivity contribution in [2.45, 2.75) is 26.2 Å². The molecular formula is C17H19NO2. The van der Waals surface area contributed by atoms with E-state index >= 15 is 0 Å². The van der Waals surface area contributed by atoms with Crippen molar-refractivity contribution in [3.8, 4) is 0 Å². The Hall–Kier alpha value is -2.16. The van der Waals surface area contributed by atoms with Gasteiger partial charge in [-0.3, -0.25) is 9.78 Å². The van der Waals surface area contributed by atoms with Gasteiger partial charge in [0.1, 0.15) is 0 Å². The molecule has 0 spiro atoms. The van der Waals surface area contributed by atoms with Gasteiger partial charge in [-0.05, 0) is 42.0 Å². The first-order valence-electron chi connectivity index (χ1n) is 6.88. The SMILES string of the molecule is CCC(Cc1ccc(Cc2cccnc2)cc1)C(=O)O. The molecule has 3 nitrogen and oxygen atoms in total. The first-order valence-corrected chi connectivity index (χ1v) is 6.88. The lowest BCUT2D eigenvalue weighted by Gasteiger charge is -2.10. The molecular weight excluding hydrogens is 250 g/mol. The molecule has 104 valence electrons. The number of carbonyl (C=O) groups is 1. The van der Waals surface area contributed by atoms with Gasteiger partial charge in [0.25, 0.3) is 0 Å². The van der Waals surface area contributed by atoms with Gasteiger partial charge in [-0.2, -0.15) is 0 Å². The number of hydrogen-bond acceptors (Lipinski definition) is 2. The van der Waals surface area contributed by atoms with Gasteiger partial charge in [-0.25, -0.2) is 0 Å². The van der Waals surface area contributed by atoms with Crippen LogP contribution in [0.5, 0.6) is 0 Å². The summed E-state index contributed by atoms with van der Waals surface area (Å²) < 4.78 is 0. The summed E-state index contributed by atoms with van der Waals surface area (Å²) in [6, 6.07) is 12.2. The molecule has 1 unspecified atom stereocenters. The number of aromatic nitrogens is 1. The van der Waals surface area contributed by atoms with Crippen molar-refractivity contribution in [2.75, 3.05) is 0 Å². The van der Waals surface area contributed by atoms with Crippen LogP contribution in [0, 0.1) is 5.92 Å². The fourth-order valence-corrected chi connectivity index (χ4v) is 2.22. The summed E-state index contributed by atoms with van der Waals surface area (Å²) in [7, 11) is 0. The highest BCUT2D eigenvalue weighted by Gasteiger charge is 2.15. The van der Waals surface area contributed by atoms with Gasteiger partial charge in [-0.1, -0.05) is 37.3 Å². The zero-order valence-corrected chi connectivity index (χ0v) is 11.6. The normalized spacial score (nSPS) is 12.1. The first kappa shape index (κ1) is 14.3. The average Bonchev–Trinajstić information content (AvgIpc) is 2.47. The number of carboxylic acids is 1. The van der Waals surface area contributed by atoms with Crippen molar-refractivity contribution in [1.82, 2.24) is 4.98 Å². The molecule has 1 atom stereocenters. The van der Waals surface area contributed by atoms with Crippen LogP contribution >= 0.6 is 0 Å². The Labute approximate surface area is 119 Å². The molecule has 2 aromatic rings. The number of hydrogen-bond donors (Lipinski definition) is 1. The summed E-state index contributed by atoms with van der Waals surface area (Å²) in [6.07, 6.45) is 5.74. The summed E-state index contributed by atoms with van der Waals surface area (Å²) >= 11 is 0. The van der Waals surface area contributed by atoms with Crippen LogP contribution < -0.4 is 0 Å². The van der Waals surface area contributed by atoms with E-state index in [-0.39, 0.29) is 5.92 Å². The minimum atomic E-state index is -0.716. The van der Waals surface area contributed by atoms with E-state index in [0.29, 0.717) is 12.8 Å². The molecule has 3 heteroatoms. The van der Waals surface area contributed by atoms with Gasteiger partial charge >= 0.3 is 5.97 Å². The number of carboxylic acid groups (broad SMARTS) is 1. The Morgan fingerprint density at radius 2 is 1.85 bits per heavy atom. The summed E-state index contributed by atoms with van der Waals surface area (Å²) in [5.74, 6) is -1.01. The molecule has 0 aliphatic heterocycles. The van der Waals surface area contributed by atoms with Crippen LogP contribution in [0.1, 0.15) is 30.0 Å². The molecule has 0 saturated carbocycles. The smallest absolute Gasteiger partial charge is 0.306 e. The molecule has 1 aromatic heterocycles. The highest BCUT2D eigenvalue weighted by atomic mass is 16.4. The van der Waals surface area contributed by atoms with E-state index in [1.807, 2.05) is 31.3 Å². The van der Waals surface area contributed by atoms with Crippen molar-refractivity contribution in [2.24, 2.45) is 5.92 Å². The number of rotatable bonds is 6. The van der Waals surface area contributed by atoms with E-state index in [2.05, 4.69) is 23.2 Å². The number of aliphatic carboxylic acids is 1. The molecule has 0 bridgehead atoms. The number of pyridine rings is 1. The highest BCUT2D eigenvalue weighted by molar-refractivity contribution is 5.70. The third-order valence-corrected chi connectivity index (χ3v) is 3.48. The van der Waals surface area contributed by atoms with Crippen LogP contribution in [0.4, 0.5) is 0 Å². The Balaban J connectivity index is 2.01. The second-order valence-electron chi connectivity index (χ2n) is 5.00. The van der Waals surface area contributed by atoms with E-state index in [4.69, 9.17) is 5.11 Å². The molecule has 0 radical (unpaired) electrons. The van der Waals surface area contributed by atoms with Gasteiger partial charge in [0.05, 0.1) is 5.92 Å². The summed E-state index contributed by atoms with van der Waals surface area (Å²) in [4.78, 5) is 15.1. The van der Waals surface area contributed by atoms with Crippen LogP contribution in [0.15, 0.2) is 48.8 Å². The second kappa shape index (κ2) is 6.85. The average molecular weight is 269 g/mol. The predicted octanol–water partition coefficient (Wildman–Crippen LogP) is 3.33. The summed E-state index contributed by atoms with van der Waals surface area (Å²) in [5, 5.41) is 9.08. The molecule has 0 aliphatic rings. The largest absolute Gasteiger partial charge is 0.481 e. The van der Waals surface area contributed by atoms with Crippen LogP contribution in [0.3, 0.4) is 0 Å². The molecule has 0 amide bonds. The fraction of sp³-hybridized carbons (Fsp3) is 0.294. The van der Waals surface area contributed by atoms with Crippen LogP contribution in [-0.2, 0) is 17.6 Å². The lowest BCUT2D eigenvalue weighted by molar-refractivity contribution is -0.141. The summed E-state index contributed by atoms with van der Waals surface area (Å²) in [5.41, 5.74) is 3.47. The van der Waals surface area contributed by atoms with Gasteiger partial charge < -0.3 is 5.11 Å². The fourth-order valence-electron chi connectivity index (χ4n) is 2.22. The van der Waals surface area contributed by atoms with Crippen LogP contribution in [-0.4, -0.2) is 16.1 Å². The lowest BCUT2D eigenvalue weighted by Crippen LogP contribution is -2.15. The summed E-state index contributed by atoms with van der Waals surface area (Å²) in [6.45, 7) is 1.91. The Kier molecular flexibility index (Phi) is 4.88. The molecule has 0 aliphatic carbocycles. The van der Waals surface area contributed by atoms with Gasteiger partial charge in [-0.15, -0.1) is 0 Å². The monoisotopic (exact) mass is 269 g/mol. The third-order valence-electron chi connectivity index (χ3n) is 3.48. The van der Waals surface area contributed by atoms with E-state index < -0.39 is 5.97 Å². The molecule has 2 rings (SSSR count). The van der Waals surface area contributed by atoms with E-state index in [1.165, 1.54) is 11.1 Å². The second-order valence-corrected chi connectivity index (χ2v) is 5.00. The maximum Gasteiger partial charge on any atom is 0.306 e. The Morgan fingerprint density at radius 1 is 1.15 bits per heavy atom. The van der Waals surface area contributed by atoms with Crippen molar-refractivity contribution in [3.05, 3.63) is 65.5 Å². The van der Waals surface area contributed by atoms with Gasteiger partial charge in [0.15, 0.2) is 0 Å². The van der Waals surface area contributed by atoms with E-state index in [1.54, 1.807) is 6.20 Å². The number of benzene rings is 1. The zero-order valence-electron chi connectivity index (χ0n) is 11.6. The standard InChI is InChI=1S/C17H19NO2/c1-2-16(17(19)20)11-14-7-5-13(6-8-14)10-15-4-3-9-18-12-15/h3-9,12,16H,2,10-11H2,1H3,(H,19,20). The minimum Gasteiger partial charge on any atom is -0.481 e. The van der Waals surface area contributed by atoms with Gasteiger partial charge in [0, 0.05) is 12.4 Å². The van der Waals surface area contributed by atoms with Crippen LogP contribution in [0.25, 0.3) is 0 Å². The first-order chi connectivity index (χ1) is 9.69. The molecule has 20 heavy (non-hydrogen) atoms.